The summed E-state index contributed by atoms with van der Waals surface area (Å²) in [7, 11) is 0. The Bertz CT molecular complexity index is 813. The molecule has 0 bridgehead atoms. The molecule has 2 N–H and O–H groups in total. The van der Waals surface area contributed by atoms with E-state index in [4.69, 9.17) is 0 Å². The van der Waals surface area contributed by atoms with Crippen molar-refractivity contribution in [3.05, 3.63) is 30.1 Å². The zero-order chi connectivity index (χ0) is 22.7. The van der Waals surface area contributed by atoms with Crippen molar-refractivity contribution in [2.45, 2.75) is 104 Å². The summed E-state index contributed by atoms with van der Waals surface area (Å²) < 4.78 is 0. The Morgan fingerprint density at radius 2 is 1.81 bits per heavy atom. The zero-order valence-electron chi connectivity index (χ0n) is 20.8. The molecule has 4 aliphatic carbocycles. The fourth-order valence-corrected chi connectivity index (χ4v) is 9.62. The first-order valence-electron chi connectivity index (χ1n) is 13.5. The van der Waals surface area contributed by atoms with Gasteiger partial charge in [0.25, 0.3) is 0 Å². The van der Waals surface area contributed by atoms with Crippen LogP contribution >= 0.6 is 0 Å². The Kier molecular flexibility index (Phi) is 5.77. The molecule has 4 aliphatic rings. The first-order chi connectivity index (χ1) is 15.2. The van der Waals surface area contributed by atoms with Gasteiger partial charge in [0.05, 0.1) is 11.7 Å². The van der Waals surface area contributed by atoms with Gasteiger partial charge in [0.2, 0.25) is 0 Å². The quantitative estimate of drug-likeness (QED) is 0.559. The van der Waals surface area contributed by atoms with E-state index >= 15 is 0 Å². The number of fused-ring (bicyclic) bond motifs is 5. The van der Waals surface area contributed by atoms with Gasteiger partial charge in [-0.1, -0.05) is 33.8 Å². The fourth-order valence-electron chi connectivity index (χ4n) is 9.62. The second kappa shape index (κ2) is 8.08. The molecule has 0 aliphatic heterocycles. The summed E-state index contributed by atoms with van der Waals surface area (Å²) in [6, 6.07) is 3.97. The number of aliphatic hydroxyl groups excluding tert-OH is 1. The molecule has 0 radical (unpaired) electrons. The minimum Gasteiger partial charge on any atom is -0.390 e. The average Bonchev–Trinajstić information content (AvgIpc) is 3.16. The van der Waals surface area contributed by atoms with Crippen LogP contribution < -0.4 is 0 Å². The predicted octanol–water partition coefficient (Wildman–Crippen LogP) is 6.55. The van der Waals surface area contributed by atoms with E-state index in [1.807, 2.05) is 18.3 Å². The topological polar surface area (TPSA) is 53.4 Å². The predicted molar refractivity (Wildman–Crippen MR) is 129 cm³/mol. The molecule has 3 heteroatoms. The van der Waals surface area contributed by atoms with E-state index in [0.29, 0.717) is 22.7 Å². The summed E-state index contributed by atoms with van der Waals surface area (Å²) in [5.74, 6) is 4.04. The molecule has 3 nitrogen and oxygen atoms in total. The summed E-state index contributed by atoms with van der Waals surface area (Å²) >= 11 is 0. The molecule has 178 valence electrons. The normalized spacial score (nSPS) is 47.8. The Morgan fingerprint density at radius 1 is 1.03 bits per heavy atom. The van der Waals surface area contributed by atoms with Gasteiger partial charge in [-0.25, -0.2) is 0 Å². The lowest BCUT2D eigenvalue weighted by Gasteiger charge is -2.62. The number of nitrogens with zero attached hydrogens (tertiary/aromatic N) is 1. The van der Waals surface area contributed by atoms with E-state index in [-0.39, 0.29) is 5.92 Å². The second-order valence-electron chi connectivity index (χ2n) is 12.8. The summed E-state index contributed by atoms with van der Waals surface area (Å²) in [4.78, 5) is 4.25. The van der Waals surface area contributed by atoms with Crippen molar-refractivity contribution in [3.8, 4) is 0 Å². The molecule has 0 amide bonds. The van der Waals surface area contributed by atoms with Crippen molar-refractivity contribution in [2.24, 2.45) is 46.3 Å². The monoisotopic (exact) mass is 439 g/mol. The first kappa shape index (κ1) is 22.8. The Labute approximate surface area is 195 Å². The number of hydrogen-bond acceptors (Lipinski definition) is 3. The minimum absolute atomic E-state index is 0.270. The van der Waals surface area contributed by atoms with E-state index in [2.05, 4.69) is 32.7 Å². The van der Waals surface area contributed by atoms with Crippen LogP contribution in [0.3, 0.4) is 0 Å². The highest BCUT2D eigenvalue weighted by Gasteiger charge is 2.61. The van der Waals surface area contributed by atoms with E-state index in [0.717, 1.165) is 42.6 Å². The molecule has 1 heterocycles. The van der Waals surface area contributed by atoms with Crippen LogP contribution in [0.4, 0.5) is 0 Å². The van der Waals surface area contributed by atoms with Crippen LogP contribution in [0.2, 0.25) is 0 Å². The van der Waals surface area contributed by atoms with Gasteiger partial charge >= 0.3 is 0 Å². The van der Waals surface area contributed by atoms with Crippen LogP contribution in [0.1, 0.15) is 104 Å². The number of rotatable bonds is 4. The number of pyridine rings is 1. The van der Waals surface area contributed by atoms with E-state index < -0.39 is 11.7 Å². The van der Waals surface area contributed by atoms with Gasteiger partial charge in [0.15, 0.2) is 0 Å². The number of hydrogen-bond donors (Lipinski definition) is 2. The molecule has 4 saturated carbocycles. The second-order valence-corrected chi connectivity index (χ2v) is 12.8. The largest absolute Gasteiger partial charge is 0.390 e. The standard InChI is InChI=1S/C29H45NO2/c1-5-29(32)15-14-27(3)21(17-29)8-9-22-24-11-10-23(28(24,4)13-12-25(22)27)19(2)26(31)20-7-6-16-30-18-20/h6-7,16,18-19,21-26,31-32H,5,8-15,17H2,1-4H3/t19-,21-,22-,23+,24-,25?,26-,27-,28+,29-/m0/s1. The highest BCUT2D eigenvalue weighted by Crippen LogP contribution is 2.69. The maximum absolute atomic E-state index is 11.2. The summed E-state index contributed by atoms with van der Waals surface area (Å²) in [6.07, 6.45) is 15.3. The number of aliphatic hydroxyl groups is 2. The molecule has 4 fully saturated rings. The molecule has 1 aromatic heterocycles. The first-order valence-corrected chi connectivity index (χ1v) is 13.5. The van der Waals surface area contributed by atoms with Crippen LogP contribution in [0, 0.1) is 46.3 Å². The fraction of sp³-hybridized carbons (Fsp3) is 0.828. The van der Waals surface area contributed by atoms with Crippen molar-refractivity contribution in [3.63, 3.8) is 0 Å². The molecule has 5 rings (SSSR count). The summed E-state index contributed by atoms with van der Waals surface area (Å²) in [5, 5.41) is 22.2. The lowest BCUT2D eigenvalue weighted by Crippen LogP contribution is -2.56. The molecular weight excluding hydrogens is 394 g/mol. The third-order valence-corrected chi connectivity index (χ3v) is 11.7. The van der Waals surface area contributed by atoms with Crippen LogP contribution in [0.25, 0.3) is 0 Å². The Hall–Kier alpha value is -0.930. The van der Waals surface area contributed by atoms with Crippen molar-refractivity contribution in [2.75, 3.05) is 0 Å². The maximum atomic E-state index is 11.2. The van der Waals surface area contributed by atoms with E-state index in [1.165, 1.54) is 44.9 Å². The van der Waals surface area contributed by atoms with Gasteiger partial charge in [0, 0.05) is 12.4 Å². The average molecular weight is 440 g/mol. The van der Waals surface area contributed by atoms with Gasteiger partial charge in [0.1, 0.15) is 0 Å². The minimum atomic E-state index is -0.416. The number of aromatic nitrogens is 1. The van der Waals surface area contributed by atoms with Gasteiger partial charge < -0.3 is 10.2 Å². The third-order valence-electron chi connectivity index (χ3n) is 11.7. The molecule has 1 aromatic rings. The maximum Gasteiger partial charge on any atom is 0.0833 e. The lowest BCUT2D eigenvalue weighted by molar-refractivity contribution is -0.154. The van der Waals surface area contributed by atoms with Crippen LogP contribution in [-0.4, -0.2) is 20.8 Å². The van der Waals surface area contributed by atoms with E-state index in [1.54, 1.807) is 6.20 Å². The molecule has 0 aromatic carbocycles. The van der Waals surface area contributed by atoms with Crippen LogP contribution in [0.15, 0.2) is 24.5 Å². The third kappa shape index (κ3) is 3.40. The zero-order valence-corrected chi connectivity index (χ0v) is 20.8. The smallest absolute Gasteiger partial charge is 0.0833 e. The van der Waals surface area contributed by atoms with Gasteiger partial charge in [-0.2, -0.15) is 0 Å². The van der Waals surface area contributed by atoms with E-state index in [9.17, 15) is 10.2 Å². The lowest BCUT2D eigenvalue weighted by atomic mass is 9.43. The van der Waals surface area contributed by atoms with Gasteiger partial charge in [-0.15, -0.1) is 0 Å². The molecule has 0 saturated heterocycles. The Balaban J connectivity index is 1.35. The van der Waals surface area contributed by atoms with Crippen molar-refractivity contribution < 1.29 is 10.2 Å². The van der Waals surface area contributed by atoms with Crippen molar-refractivity contribution in [1.29, 1.82) is 0 Å². The molecule has 1 unspecified atom stereocenters. The molecule has 32 heavy (non-hydrogen) atoms. The van der Waals surface area contributed by atoms with Gasteiger partial charge in [-0.05, 0) is 122 Å². The Morgan fingerprint density at radius 3 is 2.53 bits per heavy atom. The van der Waals surface area contributed by atoms with Gasteiger partial charge in [-0.3, -0.25) is 4.98 Å². The molecular formula is C29H45NO2. The van der Waals surface area contributed by atoms with Crippen molar-refractivity contribution >= 4 is 0 Å². The van der Waals surface area contributed by atoms with Crippen LogP contribution in [-0.2, 0) is 0 Å². The highest BCUT2D eigenvalue weighted by molar-refractivity contribution is 5.16. The SMILES string of the molecule is CC[C@]1(O)CC[C@]2(C)C3CC[C@]4(C)[C@@H]([C@H](C)[C@H](O)c5cccnc5)CC[C@H]4[C@@H]3CC[C@H]2C1. The van der Waals surface area contributed by atoms with Crippen LogP contribution in [0.5, 0.6) is 0 Å². The summed E-state index contributed by atoms with van der Waals surface area (Å²) in [5.41, 5.74) is 1.34. The molecule has 0 spiro atoms. The highest BCUT2D eigenvalue weighted by atomic mass is 16.3. The van der Waals surface area contributed by atoms with Crippen molar-refractivity contribution in [1.82, 2.24) is 4.98 Å². The molecule has 10 atom stereocenters. The summed E-state index contributed by atoms with van der Waals surface area (Å²) in [6.45, 7) is 9.61.